The highest BCUT2D eigenvalue weighted by molar-refractivity contribution is 5.77. The number of nitrogens with one attached hydrogen (secondary N) is 1. The van der Waals surface area contributed by atoms with E-state index in [-0.39, 0.29) is 18.6 Å². The van der Waals surface area contributed by atoms with Gasteiger partial charge in [0, 0.05) is 17.7 Å². The minimum atomic E-state index is -0.677. The van der Waals surface area contributed by atoms with Crippen LogP contribution in [0.25, 0.3) is 0 Å². The first-order valence-electron chi connectivity index (χ1n) is 7.13. The van der Waals surface area contributed by atoms with Crippen LogP contribution in [-0.4, -0.2) is 30.8 Å². The third-order valence-corrected chi connectivity index (χ3v) is 3.42. The van der Waals surface area contributed by atoms with Crippen molar-refractivity contribution in [2.45, 2.75) is 39.8 Å². The number of amides is 1. The molecule has 0 aliphatic heterocycles. The van der Waals surface area contributed by atoms with Crippen LogP contribution in [0.15, 0.2) is 18.2 Å². The van der Waals surface area contributed by atoms with E-state index < -0.39 is 6.10 Å². The van der Waals surface area contributed by atoms with Crippen molar-refractivity contribution in [3.63, 3.8) is 0 Å². The summed E-state index contributed by atoms with van der Waals surface area (Å²) in [7, 11) is 1.55. The largest absolute Gasteiger partial charge is 0.497 e. The van der Waals surface area contributed by atoms with Gasteiger partial charge in [-0.05, 0) is 31.9 Å². The van der Waals surface area contributed by atoms with Gasteiger partial charge in [0.15, 0.2) is 6.61 Å². The Morgan fingerprint density at radius 1 is 1.29 bits per heavy atom. The fourth-order valence-corrected chi connectivity index (χ4v) is 1.72. The maximum absolute atomic E-state index is 11.8. The predicted octanol–water partition coefficient (Wildman–Crippen LogP) is 2.29. The zero-order valence-electron chi connectivity index (χ0n) is 13.3. The van der Waals surface area contributed by atoms with Crippen LogP contribution in [0.3, 0.4) is 0 Å². The fourth-order valence-electron chi connectivity index (χ4n) is 1.72. The lowest BCUT2D eigenvalue weighted by molar-refractivity contribution is -0.124. The molecular formula is C16H25NO4. The van der Waals surface area contributed by atoms with E-state index in [0.717, 1.165) is 0 Å². The van der Waals surface area contributed by atoms with Crippen molar-refractivity contribution in [2.75, 3.05) is 13.7 Å². The number of methoxy groups -OCH3 is 1. The molecular weight excluding hydrogens is 270 g/mol. The molecule has 1 aromatic carbocycles. The lowest BCUT2D eigenvalue weighted by Crippen LogP contribution is -2.39. The van der Waals surface area contributed by atoms with E-state index in [0.29, 0.717) is 23.0 Å². The molecule has 21 heavy (non-hydrogen) atoms. The minimum absolute atomic E-state index is 0.0858. The predicted molar refractivity (Wildman–Crippen MR) is 81.6 cm³/mol. The molecule has 0 fully saturated rings. The van der Waals surface area contributed by atoms with Crippen LogP contribution in [0.1, 0.15) is 39.4 Å². The quantitative estimate of drug-likeness (QED) is 0.810. The molecule has 0 heterocycles. The summed E-state index contributed by atoms with van der Waals surface area (Å²) < 4.78 is 10.7. The molecule has 5 nitrogen and oxygen atoms in total. The molecule has 0 aliphatic rings. The Morgan fingerprint density at radius 2 is 1.95 bits per heavy atom. The monoisotopic (exact) mass is 295 g/mol. The van der Waals surface area contributed by atoms with Gasteiger partial charge in [-0.15, -0.1) is 0 Å². The van der Waals surface area contributed by atoms with E-state index in [4.69, 9.17) is 9.47 Å². The van der Waals surface area contributed by atoms with Gasteiger partial charge in [0.05, 0.1) is 13.2 Å². The lowest BCUT2D eigenvalue weighted by Gasteiger charge is -2.18. The summed E-state index contributed by atoms with van der Waals surface area (Å²) in [6.45, 7) is 7.59. The second-order valence-electron chi connectivity index (χ2n) is 5.47. The van der Waals surface area contributed by atoms with E-state index in [2.05, 4.69) is 5.32 Å². The second kappa shape index (κ2) is 7.88. The van der Waals surface area contributed by atoms with Gasteiger partial charge in [-0.2, -0.15) is 0 Å². The first kappa shape index (κ1) is 17.3. The highest BCUT2D eigenvalue weighted by Crippen LogP contribution is 2.29. The minimum Gasteiger partial charge on any atom is -0.497 e. The number of hydrogen-bond donors (Lipinski definition) is 2. The average molecular weight is 295 g/mol. The Kier molecular flexibility index (Phi) is 6.49. The van der Waals surface area contributed by atoms with Gasteiger partial charge < -0.3 is 19.9 Å². The number of carbonyl (C=O) groups is 1. The van der Waals surface area contributed by atoms with E-state index in [1.807, 2.05) is 20.8 Å². The Morgan fingerprint density at radius 3 is 2.48 bits per heavy atom. The number of aliphatic hydroxyl groups excluding tert-OH is 1. The normalized spacial score (nSPS) is 13.7. The van der Waals surface area contributed by atoms with Gasteiger partial charge in [-0.3, -0.25) is 4.79 Å². The maximum Gasteiger partial charge on any atom is 0.258 e. The number of hydrogen-bond acceptors (Lipinski definition) is 4. The van der Waals surface area contributed by atoms with Crippen LogP contribution < -0.4 is 14.8 Å². The van der Waals surface area contributed by atoms with E-state index in [9.17, 15) is 9.90 Å². The van der Waals surface area contributed by atoms with Crippen LogP contribution in [0.4, 0.5) is 0 Å². The molecule has 0 bridgehead atoms. The Labute approximate surface area is 126 Å². The van der Waals surface area contributed by atoms with E-state index >= 15 is 0 Å². The first-order chi connectivity index (χ1) is 9.85. The molecule has 5 heteroatoms. The summed E-state index contributed by atoms with van der Waals surface area (Å²) in [5, 5.41) is 12.6. The summed E-state index contributed by atoms with van der Waals surface area (Å²) in [5.41, 5.74) is 0.625. The smallest absolute Gasteiger partial charge is 0.258 e. The van der Waals surface area contributed by atoms with E-state index in [1.54, 1.807) is 32.2 Å². The highest BCUT2D eigenvalue weighted by Gasteiger charge is 2.14. The summed E-state index contributed by atoms with van der Waals surface area (Å²) in [6, 6.07) is 5.23. The summed E-state index contributed by atoms with van der Waals surface area (Å²) in [5.74, 6) is 1.25. The Balaban J connectivity index is 2.71. The van der Waals surface area contributed by atoms with Crippen molar-refractivity contribution >= 4 is 5.91 Å². The standard InChI is InChI=1S/C16H25NO4/c1-10(2)11(3)17-16(19)9-21-15-8-13(20-5)6-7-14(15)12(4)18/h6-8,10-12,18H,9H2,1-5H3,(H,17,19). The van der Waals surface area contributed by atoms with Crippen molar-refractivity contribution in [3.8, 4) is 11.5 Å². The SMILES string of the molecule is COc1ccc(C(C)O)c(OCC(=O)NC(C)C(C)C)c1. The fraction of sp³-hybridized carbons (Fsp3) is 0.562. The van der Waals surface area contributed by atoms with Crippen molar-refractivity contribution in [1.29, 1.82) is 0 Å². The summed E-state index contributed by atoms with van der Waals surface area (Å²) in [4.78, 5) is 11.8. The molecule has 1 aromatic rings. The van der Waals surface area contributed by atoms with Crippen LogP contribution >= 0.6 is 0 Å². The highest BCUT2D eigenvalue weighted by atomic mass is 16.5. The molecule has 2 atom stereocenters. The molecule has 2 unspecified atom stereocenters. The lowest BCUT2D eigenvalue weighted by atomic mass is 10.1. The number of carbonyl (C=O) groups excluding carboxylic acids is 1. The van der Waals surface area contributed by atoms with Crippen molar-refractivity contribution < 1.29 is 19.4 Å². The van der Waals surface area contributed by atoms with Gasteiger partial charge in [0.2, 0.25) is 0 Å². The number of ether oxygens (including phenoxy) is 2. The van der Waals surface area contributed by atoms with Gasteiger partial charge in [0.25, 0.3) is 5.91 Å². The molecule has 0 aliphatic carbocycles. The molecule has 0 radical (unpaired) electrons. The molecule has 0 saturated carbocycles. The van der Waals surface area contributed by atoms with Gasteiger partial charge >= 0.3 is 0 Å². The second-order valence-corrected chi connectivity index (χ2v) is 5.47. The van der Waals surface area contributed by atoms with Crippen molar-refractivity contribution in [3.05, 3.63) is 23.8 Å². The topological polar surface area (TPSA) is 67.8 Å². The van der Waals surface area contributed by atoms with Crippen molar-refractivity contribution in [1.82, 2.24) is 5.32 Å². The molecule has 1 amide bonds. The van der Waals surface area contributed by atoms with Gasteiger partial charge in [0.1, 0.15) is 11.5 Å². The molecule has 118 valence electrons. The third-order valence-electron chi connectivity index (χ3n) is 3.42. The Bertz CT molecular complexity index is 471. The molecule has 0 aromatic heterocycles. The van der Waals surface area contributed by atoms with Crippen LogP contribution in [0.5, 0.6) is 11.5 Å². The average Bonchev–Trinajstić information content (AvgIpc) is 2.44. The third kappa shape index (κ3) is 5.27. The zero-order valence-corrected chi connectivity index (χ0v) is 13.3. The number of rotatable bonds is 7. The zero-order chi connectivity index (χ0) is 16.0. The Hall–Kier alpha value is -1.75. The van der Waals surface area contributed by atoms with Crippen LogP contribution in [-0.2, 0) is 4.79 Å². The molecule has 2 N–H and O–H groups in total. The van der Waals surface area contributed by atoms with E-state index in [1.165, 1.54) is 0 Å². The number of aliphatic hydroxyl groups is 1. The van der Waals surface area contributed by atoms with Gasteiger partial charge in [-0.25, -0.2) is 0 Å². The van der Waals surface area contributed by atoms with Crippen LogP contribution in [0.2, 0.25) is 0 Å². The van der Waals surface area contributed by atoms with Crippen LogP contribution in [0, 0.1) is 5.92 Å². The first-order valence-corrected chi connectivity index (χ1v) is 7.13. The van der Waals surface area contributed by atoms with Crippen molar-refractivity contribution in [2.24, 2.45) is 5.92 Å². The molecule has 0 spiro atoms. The van der Waals surface area contributed by atoms with Gasteiger partial charge in [-0.1, -0.05) is 13.8 Å². The molecule has 0 saturated heterocycles. The summed E-state index contributed by atoms with van der Waals surface area (Å²) in [6.07, 6.45) is -0.677. The maximum atomic E-state index is 11.8. The number of benzene rings is 1. The summed E-state index contributed by atoms with van der Waals surface area (Å²) >= 11 is 0. The molecule has 1 rings (SSSR count).